The van der Waals surface area contributed by atoms with E-state index < -0.39 is 0 Å². The molecule has 1 aliphatic rings. The highest BCUT2D eigenvalue weighted by molar-refractivity contribution is 5.94. The van der Waals surface area contributed by atoms with Gasteiger partial charge in [-0.1, -0.05) is 42.5 Å². The maximum atomic E-state index is 12.6. The monoisotopic (exact) mass is 374 g/mol. The first-order valence-corrected chi connectivity index (χ1v) is 9.90. The first-order chi connectivity index (χ1) is 13.8. The van der Waals surface area contributed by atoms with Gasteiger partial charge in [0.25, 0.3) is 5.91 Å². The fourth-order valence-corrected chi connectivity index (χ4v) is 3.69. The van der Waals surface area contributed by atoms with E-state index in [4.69, 9.17) is 0 Å². The minimum absolute atomic E-state index is 0.0205. The molecule has 1 saturated heterocycles. The lowest BCUT2D eigenvalue weighted by Gasteiger charge is -2.32. The summed E-state index contributed by atoms with van der Waals surface area (Å²) in [6.07, 6.45) is 5.70. The molecule has 1 amide bonds. The molecule has 4 rings (SSSR count). The summed E-state index contributed by atoms with van der Waals surface area (Å²) >= 11 is 0. The molecule has 0 radical (unpaired) electrons. The number of hydrogen-bond acceptors (Lipinski definition) is 3. The van der Waals surface area contributed by atoms with Gasteiger partial charge in [0, 0.05) is 43.6 Å². The SMILES string of the molecule is O=C(NC1CCN(Cc2ccccc2)CC1)c1ccc(Cn2cccn2)cc1. The Morgan fingerprint density at radius 2 is 1.64 bits per heavy atom. The van der Waals surface area contributed by atoms with Crippen LogP contribution < -0.4 is 5.32 Å². The number of aromatic nitrogens is 2. The third kappa shape index (κ3) is 4.87. The second-order valence-electron chi connectivity index (χ2n) is 7.41. The zero-order chi connectivity index (χ0) is 19.2. The van der Waals surface area contributed by atoms with E-state index in [0.717, 1.165) is 50.1 Å². The molecule has 5 heteroatoms. The van der Waals surface area contributed by atoms with Crippen LogP contribution in [0.15, 0.2) is 73.1 Å². The summed E-state index contributed by atoms with van der Waals surface area (Å²) in [5.41, 5.74) is 3.20. The van der Waals surface area contributed by atoms with Crippen LogP contribution in [0.25, 0.3) is 0 Å². The van der Waals surface area contributed by atoms with E-state index in [2.05, 4.69) is 45.6 Å². The number of rotatable bonds is 6. The van der Waals surface area contributed by atoms with Gasteiger partial charge in [0.1, 0.15) is 0 Å². The number of piperidine rings is 1. The van der Waals surface area contributed by atoms with Crippen molar-refractivity contribution >= 4 is 5.91 Å². The predicted molar refractivity (Wildman–Crippen MR) is 110 cm³/mol. The molecular formula is C23H26N4O. The second kappa shape index (κ2) is 8.85. The van der Waals surface area contributed by atoms with Gasteiger partial charge in [0.2, 0.25) is 0 Å². The molecule has 1 aromatic heterocycles. The second-order valence-corrected chi connectivity index (χ2v) is 7.41. The molecule has 0 aliphatic carbocycles. The summed E-state index contributed by atoms with van der Waals surface area (Å²) in [6.45, 7) is 3.74. The van der Waals surface area contributed by atoms with Crippen LogP contribution >= 0.6 is 0 Å². The Hall–Kier alpha value is -2.92. The molecule has 0 saturated carbocycles. The van der Waals surface area contributed by atoms with Gasteiger partial charge in [-0.2, -0.15) is 5.10 Å². The Morgan fingerprint density at radius 3 is 2.32 bits per heavy atom. The van der Waals surface area contributed by atoms with Crippen LogP contribution in [0, 0.1) is 0 Å². The number of nitrogens with zero attached hydrogens (tertiary/aromatic N) is 3. The van der Waals surface area contributed by atoms with Crippen molar-refractivity contribution in [2.75, 3.05) is 13.1 Å². The Morgan fingerprint density at radius 1 is 0.929 bits per heavy atom. The average molecular weight is 374 g/mol. The number of carbonyl (C=O) groups excluding carboxylic acids is 1. The number of carbonyl (C=O) groups is 1. The van der Waals surface area contributed by atoms with Crippen LogP contribution in [0.4, 0.5) is 0 Å². The molecule has 2 heterocycles. The lowest BCUT2D eigenvalue weighted by molar-refractivity contribution is 0.0909. The van der Waals surface area contributed by atoms with Gasteiger partial charge < -0.3 is 5.32 Å². The molecule has 0 spiro atoms. The lowest BCUT2D eigenvalue weighted by atomic mass is 10.0. The van der Waals surface area contributed by atoms with Gasteiger partial charge in [-0.3, -0.25) is 14.4 Å². The smallest absolute Gasteiger partial charge is 0.251 e. The van der Waals surface area contributed by atoms with Crippen LogP contribution in [0.2, 0.25) is 0 Å². The lowest BCUT2D eigenvalue weighted by Crippen LogP contribution is -2.44. The Bertz CT molecular complexity index is 867. The largest absolute Gasteiger partial charge is 0.349 e. The first kappa shape index (κ1) is 18.4. The van der Waals surface area contributed by atoms with Gasteiger partial charge in [-0.25, -0.2) is 0 Å². The summed E-state index contributed by atoms with van der Waals surface area (Å²) in [4.78, 5) is 15.0. The number of benzene rings is 2. The molecule has 0 unspecified atom stereocenters. The van der Waals surface area contributed by atoms with Crippen LogP contribution in [-0.4, -0.2) is 39.7 Å². The minimum atomic E-state index is 0.0205. The summed E-state index contributed by atoms with van der Waals surface area (Å²) < 4.78 is 1.87. The number of amides is 1. The quantitative estimate of drug-likeness (QED) is 0.720. The highest BCUT2D eigenvalue weighted by Crippen LogP contribution is 2.15. The molecule has 2 aromatic carbocycles. The van der Waals surface area contributed by atoms with Crippen molar-refractivity contribution in [1.82, 2.24) is 20.0 Å². The van der Waals surface area contributed by atoms with Crippen molar-refractivity contribution in [2.24, 2.45) is 0 Å². The number of nitrogens with one attached hydrogen (secondary N) is 1. The number of likely N-dealkylation sites (tertiary alicyclic amines) is 1. The van der Waals surface area contributed by atoms with Crippen molar-refractivity contribution in [1.29, 1.82) is 0 Å². The summed E-state index contributed by atoms with van der Waals surface area (Å²) in [5, 5.41) is 7.41. The molecule has 5 nitrogen and oxygen atoms in total. The van der Waals surface area contributed by atoms with Crippen LogP contribution in [-0.2, 0) is 13.1 Å². The number of hydrogen-bond donors (Lipinski definition) is 1. The first-order valence-electron chi connectivity index (χ1n) is 9.90. The fourth-order valence-electron chi connectivity index (χ4n) is 3.69. The maximum absolute atomic E-state index is 12.6. The van der Waals surface area contributed by atoms with Crippen molar-refractivity contribution in [3.8, 4) is 0 Å². The van der Waals surface area contributed by atoms with E-state index in [1.165, 1.54) is 5.56 Å². The molecule has 3 aromatic rings. The Balaban J connectivity index is 1.25. The van der Waals surface area contributed by atoms with Crippen LogP contribution in [0.3, 0.4) is 0 Å². The molecule has 0 atom stereocenters. The predicted octanol–water partition coefficient (Wildman–Crippen LogP) is 3.33. The third-order valence-electron chi connectivity index (χ3n) is 5.29. The van der Waals surface area contributed by atoms with E-state index in [1.807, 2.05) is 41.2 Å². The Kier molecular flexibility index (Phi) is 5.83. The van der Waals surface area contributed by atoms with Gasteiger partial charge in [-0.05, 0) is 42.2 Å². The van der Waals surface area contributed by atoms with E-state index in [-0.39, 0.29) is 11.9 Å². The van der Waals surface area contributed by atoms with Crippen LogP contribution in [0.1, 0.15) is 34.3 Å². The summed E-state index contributed by atoms with van der Waals surface area (Å²) in [5.74, 6) is 0.0205. The van der Waals surface area contributed by atoms with Crippen molar-refractivity contribution in [3.05, 3.63) is 89.7 Å². The van der Waals surface area contributed by atoms with E-state index >= 15 is 0 Å². The zero-order valence-corrected chi connectivity index (χ0v) is 16.0. The van der Waals surface area contributed by atoms with Crippen molar-refractivity contribution in [3.63, 3.8) is 0 Å². The normalized spacial score (nSPS) is 15.4. The third-order valence-corrected chi connectivity index (χ3v) is 5.29. The highest BCUT2D eigenvalue weighted by atomic mass is 16.1. The minimum Gasteiger partial charge on any atom is -0.349 e. The molecular weight excluding hydrogens is 348 g/mol. The van der Waals surface area contributed by atoms with Gasteiger partial charge in [0.15, 0.2) is 0 Å². The van der Waals surface area contributed by atoms with Gasteiger partial charge >= 0.3 is 0 Å². The molecule has 144 valence electrons. The molecule has 1 N–H and O–H groups in total. The standard InChI is InChI=1S/C23H26N4O/c28-23(21-9-7-20(8-10-21)18-27-14-4-13-24-27)25-22-11-15-26(16-12-22)17-19-5-2-1-3-6-19/h1-10,13-14,22H,11-12,15-18H2,(H,25,28). The van der Waals surface area contributed by atoms with E-state index in [9.17, 15) is 4.79 Å². The average Bonchev–Trinajstić information content (AvgIpc) is 3.24. The van der Waals surface area contributed by atoms with Gasteiger partial charge in [-0.15, -0.1) is 0 Å². The molecule has 28 heavy (non-hydrogen) atoms. The maximum Gasteiger partial charge on any atom is 0.251 e. The highest BCUT2D eigenvalue weighted by Gasteiger charge is 2.21. The molecule has 0 bridgehead atoms. The van der Waals surface area contributed by atoms with Crippen LogP contribution in [0.5, 0.6) is 0 Å². The van der Waals surface area contributed by atoms with Gasteiger partial charge in [0.05, 0.1) is 6.54 Å². The van der Waals surface area contributed by atoms with Crippen molar-refractivity contribution in [2.45, 2.75) is 32.0 Å². The summed E-state index contributed by atoms with van der Waals surface area (Å²) in [7, 11) is 0. The van der Waals surface area contributed by atoms with Crippen molar-refractivity contribution < 1.29 is 4.79 Å². The van der Waals surface area contributed by atoms with E-state index in [0.29, 0.717) is 0 Å². The topological polar surface area (TPSA) is 50.2 Å². The molecule has 1 aliphatic heterocycles. The Labute approximate surface area is 166 Å². The zero-order valence-electron chi connectivity index (χ0n) is 16.0. The molecule has 1 fully saturated rings. The fraction of sp³-hybridized carbons (Fsp3) is 0.304. The van der Waals surface area contributed by atoms with E-state index in [1.54, 1.807) is 6.20 Å². The summed E-state index contributed by atoms with van der Waals surface area (Å²) in [6, 6.07) is 20.5.